The van der Waals surface area contributed by atoms with Crippen LogP contribution in [0.25, 0.3) is 11.0 Å². The number of aryl methyl sites for hydroxylation is 2. The second-order valence-electron chi connectivity index (χ2n) is 6.06. The Kier molecular flexibility index (Phi) is 3.68. The maximum atomic E-state index is 11.2. The van der Waals surface area contributed by atoms with Gasteiger partial charge in [-0.2, -0.15) is 0 Å². The molecule has 2 aromatic rings. The Labute approximate surface area is 124 Å². The normalized spacial score (nSPS) is 14.6. The molecule has 3 rings (SSSR count). The predicted molar refractivity (Wildman–Crippen MR) is 81.4 cm³/mol. The van der Waals surface area contributed by atoms with E-state index in [-0.39, 0.29) is 6.54 Å². The lowest BCUT2D eigenvalue weighted by atomic mass is 9.91. The zero-order valence-electron chi connectivity index (χ0n) is 12.6. The van der Waals surface area contributed by atoms with E-state index in [9.17, 15) is 9.90 Å². The molecule has 1 heterocycles. The van der Waals surface area contributed by atoms with Gasteiger partial charge in [0.05, 0.1) is 17.6 Å². The Morgan fingerprint density at radius 1 is 1.29 bits per heavy atom. The van der Waals surface area contributed by atoms with Crippen molar-refractivity contribution in [1.82, 2.24) is 14.5 Å². The van der Waals surface area contributed by atoms with Gasteiger partial charge in [0.15, 0.2) is 0 Å². The minimum absolute atomic E-state index is 0.0293. The molecule has 1 N–H and O–H groups in total. The van der Waals surface area contributed by atoms with Crippen molar-refractivity contribution in [1.29, 1.82) is 0 Å². The fourth-order valence-electron chi connectivity index (χ4n) is 3.12. The first-order valence-corrected chi connectivity index (χ1v) is 7.42. The molecule has 0 atom stereocenters. The summed E-state index contributed by atoms with van der Waals surface area (Å²) in [5.41, 5.74) is 4.62. The molecule has 0 amide bonds. The summed E-state index contributed by atoms with van der Waals surface area (Å²) in [4.78, 5) is 17.9. The summed E-state index contributed by atoms with van der Waals surface area (Å²) in [5, 5.41) is 9.18. The number of imidazole rings is 1. The molecule has 1 aliphatic rings. The molecule has 0 spiro atoms. The molecule has 0 radical (unpaired) electrons. The van der Waals surface area contributed by atoms with Crippen LogP contribution < -0.4 is 0 Å². The van der Waals surface area contributed by atoms with E-state index in [1.54, 1.807) is 0 Å². The topological polar surface area (TPSA) is 58.4 Å². The molecule has 112 valence electrons. The van der Waals surface area contributed by atoms with Gasteiger partial charge in [0.1, 0.15) is 12.4 Å². The first kappa shape index (κ1) is 14.1. The van der Waals surface area contributed by atoms with Crippen LogP contribution in [-0.2, 0) is 30.7 Å². The molecular weight excluding hydrogens is 266 g/mol. The van der Waals surface area contributed by atoms with Crippen molar-refractivity contribution in [2.24, 2.45) is 0 Å². The quantitative estimate of drug-likeness (QED) is 0.935. The van der Waals surface area contributed by atoms with Gasteiger partial charge >= 0.3 is 5.97 Å². The zero-order valence-corrected chi connectivity index (χ0v) is 12.6. The Hall–Kier alpha value is -1.88. The van der Waals surface area contributed by atoms with Gasteiger partial charge in [0, 0.05) is 0 Å². The molecule has 5 heteroatoms. The number of hydrogen-bond acceptors (Lipinski definition) is 3. The van der Waals surface area contributed by atoms with Crippen LogP contribution in [0.5, 0.6) is 0 Å². The van der Waals surface area contributed by atoms with Crippen LogP contribution in [0.4, 0.5) is 0 Å². The zero-order chi connectivity index (χ0) is 15.0. The minimum atomic E-state index is -0.827. The van der Waals surface area contributed by atoms with Gasteiger partial charge in [-0.3, -0.25) is 4.79 Å². The Morgan fingerprint density at radius 3 is 2.57 bits per heavy atom. The molecule has 1 aromatic carbocycles. The van der Waals surface area contributed by atoms with E-state index in [1.165, 1.54) is 24.0 Å². The first-order chi connectivity index (χ1) is 10.0. The number of nitrogens with zero attached hydrogens (tertiary/aromatic N) is 3. The Balaban J connectivity index is 2.14. The fourth-order valence-corrected chi connectivity index (χ4v) is 3.12. The Bertz CT molecular complexity index is 688. The number of benzene rings is 1. The van der Waals surface area contributed by atoms with Crippen LogP contribution >= 0.6 is 0 Å². The SMILES string of the molecule is CN(C)Cc1nc2cc3c(cc2n1CC(=O)O)CCCC3. The van der Waals surface area contributed by atoms with Gasteiger partial charge in [-0.15, -0.1) is 0 Å². The summed E-state index contributed by atoms with van der Waals surface area (Å²) in [6.45, 7) is 0.616. The van der Waals surface area contributed by atoms with Gasteiger partial charge < -0.3 is 14.6 Å². The van der Waals surface area contributed by atoms with Crippen LogP contribution in [0.2, 0.25) is 0 Å². The highest BCUT2D eigenvalue weighted by atomic mass is 16.4. The third kappa shape index (κ3) is 2.78. The van der Waals surface area contributed by atoms with Crippen molar-refractivity contribution in [3.63, 3.8) is 0 Å². The molecule has 5 nitrogen and oxygen atoms in total. The monoisotopic (exact) mass is 287 g/mol. The lowest BCUT2D eigenvalue weighted by Gasteiger charge is -2.16. The standard InChI is InChI=1S/C16H21N3O2/c1-18(2)9-15-17-13-7-11-5-3-4-6-12(11)8-14(13)19(15)10-16(20)21/h7-8H,3-6,9-10H2,1-2H3,(H,20,21). The fraction of sp³-hybridized carbons (Fsp3) is 0.500. The van der Waals surface area contributed by atoms with Crippen molar-refractivity contribution >= 4 is 17.0 Å². The van der Waals surface area contributed by atoms with Gasteiger partial charge in [-0.05, 0) is 63.0 Å². The highest BCUT2D eigenvalue weighted by Gasteiger charge is 2.17. The average Bonchev–Trinajstić information content (AvgIpc) is 2.72. The van der Waals surface area contributed by atoms with E-state index >= 15 is 0 Å². The lowest BCUT2D eigenvalue weighted by Crippen LogP contribution is -2.18. The predicted octanol–water partition coefficient (Wildman–Crippen LogP) is 2.06. The van der Waals surface area contributed by atoms with Gasteiger partial charge in [-0.1, -0.05) is 0 Å². The van der Waals surface area contributed by atoms with Crippen molar-refractivity contribution in [3.05, 3.63) is 29.1 Å². The summed E-state index contributed by atoms with van der Waals surface area (Å²) < 4.78 is 1.84. The molecule has 0 saturated carbocycles. The average molecular weight is 287 g/mol. The lowest BCUT2D eigenvalue weighted by molar-refractivity contribution is -0.137. The largest absolute Gasteiger partial charge is 0.480 e. The number of carboxylic acids is 1. The molecule has 21 heavy (non-hydrogen) atoms. The number of aliphatic carboxylic acids is 1. The number of carbonyl (C=O) groups is 1. The van der Waals surface area contributed by atoms with Crippen LogP contribution in [0.1, 0.15) is 29.8 Å². The molecule has 1 aliphatic carbocycles. The second kappa shape index (κ2) is 5.48. The van der Waals surface area contributed by atoms with Gasteiger partial charge in [0.2, 0.25) is 0 Å². The van der Waals surface area contributed by atoms with Gasteiger partial charge in [0.25, 0.3) is 0 Å². The van der Waals surface area contributed by atoms with Crippen molar-refractivity contribution in [2.45, 2.75) is 38.8 Å². The van der Waals surface area contributed by atoms with E-state index in [1.807, 2.05) is 23.6 Å². The second-order valence-corrected chi connectivity index (χ2v) is 6.06. The van der Waals surface area contributed by atoms with E-state index < -0.39 is 5.97 Å². The third-order valence-corrected chi connectivity index (χ3v) is 4.04. The van der Waals surface area contributed by atoms with Gasteiger partial charge in [-0.25, -0.2) is 4.98 Å². The summed E-state index contributed by atoms with van der Waals surface area (Å²) in [6.07, 6.45) is 4.65. The first-order valence-electron chi connectivity index (χ1n) is 7.42. The highest BCUT2D eigenvalue weighted by molar-refractivity contribution is 5.80. The Morgan fingerprint density at radius 2 is 1.95 bits per heavy atom. The van der Waals surface area contributed by atoms with E-state index in [4.69, 9.17) is 0 Å². The van der Waals surface area contributed by atoms with Crippen molar-refractivity contribution in [3.8, 4) is 0 Å². The van der Waals surface area contributed by atoms with Crippen molar-refractivity contribution in [2.75, 3.05) is 14.1 Å². The summed E-state index contributed by atoms with van der Waals surface area (Å²) in [5.74, 6) is -0.00762. The number of rotatable bonds is 4. The molecule has 0 fully saturated rings. The molecule has 0 saturated heterocycles. The van der Waals surface area contributed by atoms with Crippen LogP contribution in [-0.4, -0.2) is 39.6 Å². The van der Waals surface area contributed by atoms with E-state index in [2.05, 4.69) is 17.1 Å². The minimum Gasteiger partial charge on any atom is -0.480 e. The van der Waals surface area contributed by atoms with E-state index in [0.717, 1.165) is 29.7 Å². The van der Waals surface area contributed by atoms with Crippen LogP contribution in [0.15, 0.2) is 12.1 Å². The summed E-state index contributed by atoms with van der Waals surface area (Å²) in [7, 11) is 3.94. The van der Waals surface area contributed by atoms with E-state index in [0.29, 0.717) is 6.54 Å². The third-order valence-electron chi connectivity index (χ3n) is 4.04. The maximum absolute atomic E-state index is 11.2. The van der Waals surface area contributed by atoms with Crippen molar-refractivity contribution < 1.29 is 9.90 Å². The van der Waals surface area contributed by atoms with Crippen LogP contribution in [0.3, 0.4) is 0 Å². The summed E-state index contributed by atoms with van der Waals surface area (Å²) >= 11 is 0. The number of aromatic nitrogens is 2. The molecular formula is C16H21N3O2. The number of carboxylic acid groups (broad SMARTS) is 1. The highest BCUT2D eigenvalue weighted by Crippen LogP contribution is 2.27. The maximum Gasteiger partial charge on any atom is 0.323 e. The van der Waals surface area contributed by atoms with Crippen LogP contribution in [0, 0.1) is 0 Å². The number of hydrogen-bond donors (Lipinski definition) is 1. The molecule has 0 bridgehead atoms. The summed E-state index contributed by atoms with van der Waals surface area (Å²) in [6, 6.07) is 4.31. The molecule has 1 aromatic heterocycles. The number of fused-ring (bicyclic) bond motifs is 2. The smallest absolute Gasteiger partial charge is 0.323 e. The molecule has 0 unspecified atom stereocenters. The molecule has 0 aliphatic heterocycles.